The molecule has 0 radical (unpaired) electrons. The van der Waals surface area contributed by atoms with Crippen LogP contribution in [0.4, 0.5) is 31.7 Å². The second-order valence-corrected chi connectivity index (χ2v) is 6.39. The maximum Gasteiger partial charge on any atom is 0.414 e. The molecule has 0 aliphatic rings. The molecule has 1 heterocycles. The van der Waals surface area contributed by atoms with E-state index < -0.39 is 58.7 Å². The first-order chi connectivity index (χ1) is 13.0. The van der Waals surface area contributed by atoms with E-state index in [1.165, 1.54) is 19.2 Å². The summed E-state index contributed by atoms with van der Waals surface area (Å²) in [6.45, 7) is 3.06. The van der Waals surface area contributed by atoms with Crippen LogP contribution in [0.25, 0.3) is 0 Å². The Labute approximate surface area is 158 Å². The summed E-state index contributed by atoms with van der Waals surface area (Å²) in [5.41, 5.74) is -2.00. The van der Waals surface area contributed by atoms with Crippen LogP contribution in [0.5, 0.6) is 0 Å². The third-order valence-corrected chi connectivity index (χ3v) is 3.96. The third kappa shape index (κ3) is 4.27. The van der Waals surface area contributed by atoms with E-state index in [0.717, 1.165) is 6.07 Å². The van der Waals surface area contributed by atoms with Crippen molar-refractivity contribution in [2.45, 2.75) is 20.0 Å². The lowest BCUT2D eigenvalue weighted by molar-refractivity contribution is 0.0877. The number of thiophene rings is 1. The number of nitrogens with one attached hydrogen (secondary N) is 2. The Kier molecular flexibility index (Phi) is 6.33. The van der Waals surface area contributed by atoms with Gasteiger partial charge in [-0.1, -0.05) is 0 Å². The van der Waals surface area contributed by atoms with Crippen molar-refractivity contribution in [2.75, 3.05) is 5.32 Å². The molecule has 3 amide bonds. The molecule has 12 heteroatoms. The molecule has 0 aliphatic carbocycles. The molecule has 0 saturated heterocycles. The molecule has 2 rings (SSSR count). The molecule has 1 aromatic carbocycles. The number of hydrogen-bond acceptors (Lipinski definition) is 5. The lowest BCUT2D eigenvalue weighted by atomic mass is 10.1. The molecule has 2 aromatic rings. The first-order valence-corrected chi connectivity index (χ1v) is 8.34. The Bertz CT molecular complexity index is 932. The summed E-state index contributed by atoms with van der Waals surface area (Å²) >= 11 is 0.714. The number of carbonyl (C=O) groups is 3. The summed E-state index contributed by atoms with van der Waals surface area (Å²) < 4.78 is 71.7. The molecule has 0 saturated carbocycles. The van der Waals surface area contributed by atoms with Gasteiger partial charge in [-0.3, -0.25) is 14.9 Å². The zero-order valence-electron chi connectivity index (χ0n) is 14.2. The van der Waals surface area contributed by atoms with Crippen molar-refractivity contribution < 1.29 is 41.1 Å². The van der Waals surface area contributed by atoms with Gasteiger partial charge in [0.25, 0.3) is 11.8 Å². The van der Waals surface area contributed by atoms with Gasteiger partial charge >= 0.3 is 6.09 Å². The number of hydrogen-bond donors (Lipinski definition) is 2. The molecule has 150 valence electrons. The summed E-state index contributed by atoms with van der Waals surface area (Å²) in [5.74, 6) is -14.3. The van der Waals surface area contributed by atoms with E-state index in [-0.39, 0.29) is 10.6 Å². The molecule has 0 spiro atoms. The SMILES string of the molecule is CC(C)OC(=O)NC(=O)c1ccsc1NC(=O)c1c(F)c(F)c(F)c(F)c1F. The Morgan fingerprint density at radius 2 is 1.46 bits per heavy atom. The van der Waals surface area contributed by atoms with Crippen molar-refractivity contribution in [3.63, 3.8) is 0 Å². The summed E-state index contributed by atoms with van der Waals surface area (Å²) in [6, 6.07) is 1.16. The largest absolute Gasteiger partial charge is 0.447 e. The molecule has 0 fully saturated rings. The van der Waals surface area contributed by atoms with Crippen molar-refractivity contribution in [3.8, 4) is 0 Å². The summed E-state index contributed by atoms with van der Waals surface area (Å²) in [6.07, 6.45) is -1.60. The molecule has 28 heavy (non-hydrogen) atoms. The maximum atomic E-state index is 13.7. The van der Waals surface area contributed by atoms with Crippen LogP contribution < -0.4 is 10.6 Å². The van der Waals surface area contributed by atoms with Crippen molar-refractivity contribution >= 4 is 34.2 Å². The Balaban J connectivity index is 2.27. The Hall–Kier alpha value is -3.02. The smallest absolute Gasteiger partial charge is 0.414 e. The minimum atomic E-state index is -2.41. The number of imide groups is 1. The fourth-order valence-electron chi connectivity index (χ4n) is 1.96. The van der Waals surface area contributed by atoms with Crippen LogP contribution in [-0.4, -0.2) is 24.0 Å². The zero-order chi connectivity index (χ0) is 21.2. The molecule has 0 atom stereocenters. The fourth-order valence-corrected chi connectivity index (χ4v) is 2.74. The Morgan fingerprint density at radius 3 is 2.00 bits per heavy atom. The molecule has 0 unspecified atom stereocenters. The third-order valence-electron chi connectivity index (χ3n) is 3.13. The number of ether oxygens (including phenoxy) is 1. The molecular weight excluding hydrogens is 411 g/mol. The van der Waals surface area contributed by atoms with Crippen molar-refractivity contribution in [1.82, 2.24) is 5.32 Å². The zero-order valence-corrected chi connectivity index (χ0v) is 15.0. The van der Waals surface area contributed by atoms with Crippen molar-refractivity contribution in [2.24, 2.45) is 0 Å². The van der Waals surface area contributed by atoms with Crippen molar-refractivity contribution in [1.29, 1.82) is 0 Å². The van der Waals surface area contributed by atoms with Gasteiger partial charge in [0.05, 0.1) is 11.7 Å². The van der Waals surface area contributed by atoms with Crippen LogP contribution in [0.15, 0.2) is 11.4 Å². The van der Waals surface area contributed by atoms with Crippen LogP contribution >= 0.6 is 11.3 Å². The van der Waals surface area contributed by atoms with E-state index in [9.17, 15) is 36.3 Å². The molecule has 6 nitrogen and oxygen atoms in total. The first-order valence-electron chi connectivity index (χ1n) is 7.46. The van der Waals surface area contributed by atoms with E-state index >= 15 is 0 Å². The highest BCUT2D eigenvalue weighted by Crippen LogP contribution is 2.27. The maximum absolute atomic E-state index is 13.7. The standard InChI is InChI=1S/C16H11F5N2O4S/c1-5(2)27-16(26)23-13(24)6-3-4-28-15(6)22-14(25)7-8(17)10(19)12(21)11(20)9(7)18/h3-5H,1-2H3,(H,22,25)(H,23,24,26). The number of carbonyl (C=O) groups excluding carboxylic acids is 3. The highest BCUT2D eigenvalue weighted by molar-refractivity contribution is 7.14. The normalized spacial score (nSPS) is 10.7. The van der Waals surface area contributed by atoms with Gasteiger partial charge in [-0.05, 0) is 25.3 Å². The second kappa shape index (κ2) is 8.33. The first kappa shape index (κ1) is 21.3. The van der Waals surface area contributed by atoms with Crippen LogP contribution in [0.3, 0.4) is 0 Å². The predicted octanol–water partition coefficient (Wildman–Crippen LogP) is 3.97. The van der Waals surface area contributed by atoms with Gasteiger partial charge in [0.2, 0.25) is 5.82 Å². The van der Waals surface area contributed by atoms with Gasteiger partial charge in [-0.2, -0.15) is 0 Å². The van der Waals surface area contributed by atoms with E-state index in [1.54, 1.807) is 0 Å². The summed E-state index contributed by atoms with van der Waals surface area (Å²) in [5, 5.41) is 4.74. The van der Waals surface area contributed by atoms with Gasteiger partial charge in [0.1, 0.15) is 10.6 Å². The van der Waals surface area contributed by atoms with Gasteiger partial charge in [0.15, 0.2) is 23.3 Å². The van der Waals surface area contributed by atoms with Crippen molar-refractivity contribution in [3.05, 3.63) is 51.7 Å². The van der Waals surface area contributed by atoms with Crippen LogP contribution in [0.2, 0.25) is 0 Å². The average Bonchev–Trinajstić information content (AvgIpc) is 3.05. The summed E-state index contributed by atoms with van der Waals surface area (Å²) in [4.78, 5) is 35.6. The lowest BCUT2D eigenvalue weighted by Gasteiger charge is -2.10. The molecule has 2 N–H and O–H groups in total. The van der Waals surface area contributed by atoms with Gasteiger partial charge in [0, 0.05) is 0 Å². The van der Waals surface area contributed by atoms with E-state index in [2.05, 4.69) is 0 Å². The van der Waals surface area contributed by atoms with E-state index in [4.69, 9.17) is 4.74 Å². The Morgan fingerprint density at radius 1 is 0.929 bits per heavy atom. The topological polar surface area (TPSA) is 84.5 Å². The minimum absolute atomic E-state index is 0.288. The van der Waals surface area contributed by atoms with Crippen LogP contribution in [0, 0.1) is 29.1 Å². The fraction of sp³-hybridized carbons (Fsp3) is 0.188. The number of halogens is 5. The van der Waals surface area contributed by atoms with Crippen LogP contribution in [-0.2, 0) is 4.74 Å². The van der Waals surface area contributed by atoms with E-state index in [0.29, 0.717) is 11.3 Å². The number of benzene rings is 1. The highest BCUT2D eigenvalue weighted by atomic mass is 32.1. The van der Waals surface area contributed by atoms with E-state index in [1.807, 2.05) is 10.6 Å². The number of alkyl carbamates (subject to hydrolysis) is 1. The molecule has 1 aromatic heterocycles. The highest BCUT2D eigenvalue weighted by Gasteiger charge is 2.30. The minimum Gasteiger partial charge on any atom is -0.447 e. The number of amides is 3. The second-order valence-electron chi connectivity index (χ2n) is 5.47. The van der Waals surface area contributed by atoms with Gasteiger partial charge in [-0.25, -0.2) is 26.7 Å². The number of anilines is 1. The van der Waals surface area contributed by atoms with Crippen LogP contribution in [0.1, 0.15) is 34.6 Å². The molecule has 0 aliphatic heterocycles. The van der Waals surface area contributed by atoms with Gasteiger partial charge in [-0.15, -0.1) is 11.3 Å². The average molecular weight is 422 g/mol. The lowest BCUT2D eigenvalue weighted by Crippen LogP contribution is -2.33. The van der Waals surface area contributed by atoms with Gasteiger partial charge < -0.3 is 10.1 Å². The summed E-state index contributed by atoms with van der Waals surface area (Å²) in [7, 11) is 0. The monoisotopic (exact) mass is 422 g/mol. The predicted molar refractivity (Wildman–Crippen MR) is 87.6 cm³/mol. The number of rotatable bonds is 4. The quantitative estimate of drug-likeness (QED) is 0.444. The molecular formula is C16H11F5N2O4S. The molecule has 0 bridgehead atoms.